The van der Waals surface area contributed by atoms with E-state index in [0.29, 0.717) is 19.3 Å². The Hall–Kier alpha value is -2.40. The molecule has 53 heavy (non-hydrogen) atoms. The average molecular weight is 838 g/mol. The minimum Gasteiger partial charge on any atom is -0.457 e. The van der Waals surface area contributed by atoms with Crippen LogP contribution in [-0.4, -0.2) is 75.5 Å². The van der Waals surface area contributed by atoms with Gasteiger partial charge in [0, 0.05) is 17.7 Å². The Morgan fingerprint density at radius 1 is 0.925 bits per heavy atom. The molecule has 2 rings (SSSR count). The lowest BCUT2D eigenvalue weighted by atomic mass is 9.98. The predicted molar refractivity (Wildman–Crippen MR) is 209 cm³/mol. The molecule has 12 nitrogen and oxygen atoms in total. The molecule has 0 saturated carbocycles. The van der Waals surface area contributed by atoms with Crippen LogP contribution in [-0.2, 0) is 33.0 Å². The Balaban J connectivity index is 2.33. The van der Waals surface area contributed by atoms with Crippen molar-refractivity contribution in [3.63, 3.8) is 0 Å². The zero-order valence-corrected chi connectivity index (χ0v) is 36.8. The van der Waals surface area contributed by atoms with E-state index in [4.69, 9.17) is 46.6 Å². The summed E-state index contributed by atoms with van der Waals surface area (Å²) in [6.45, 7) is 24.7. The van der Waals surface area contributed by atoms with Crippen molar-refractivity contribution in [1.29, 1.82) is 0 Å². The molecule has 2 aromatic rings. The maximum Gasteiger partial charge on any atom is 0.358 e. The van der Waals surface area contributed by atoms with Gasteiger partial charge in [-0.2, -0.15) is 0 Å². The predicted octanol–water partition coefficient (Wildman–Crippen LogP) is 8.93. The van der Waals surface area contributed by atoms with E-state index in [9.17, 15) is 24.3 Å². The van der Waals surface area contributed by atoms with Crippen molar-refractivity contribution in [2.75, 3.05) is 6.61 Å². The van der Waals surface area contributed by atoms with Gasteiger partial charge in [0.2, 0.25) is 0 Å². The lowest BCUT2D eigenvalue weighted by molar-refractivity contribution is -0.170. The van der Waals surface area contributed by atoms with Gasteiger partial charge in [-0.05, 0) is 78.9 Å². The molecule has 0 aromatic carbocycles. The third kappa shape index (κ3) is 14.0. The van der Waals surface area contributed by atoms with Crippen LogP contribution < -0.4 is 0 Å². The van der Waals surface area contributed by atoms with E-state index < -0.39 is 72.0 Å². The van der Waals surface area contributed by atoms with Crippen molar-refractivity contribution in [3.8, 4) is 0 Å². The first-order valence-corrected chi connectivity index (χ1v) is 22.6. The molecule has 0 spiro atoms. The number of nitrogens with zero attached hydrogens (tertiary/aromatic N) is 2. The summed E-state index contributed by atoms with van der Waals surface area (Å²) in [4.78, 5) is 60.3. The summed E-state index contributed by atoms with van der Waals surface area (Å²) in [5.74, 6) is -3.58. The molecule has 2 aromatic heterocycles. The number of hydrogen-bond acceptors (Lipinski definition) is 14. The molecule has 0 saturated heterocycles. The molecule has 0 bridgehead atoms. The van der Waals surface area contributed by atoms with Crippen molar-refractivity contribution in [1.82, 2.24) is 9.97 Å². The Morgan fingerprint density at radius 2 is 1.45 bits per heavy atom. The maximum atomic E-state index is 13.8. The zero-order chi connectivity index (χ0) is 40.7. The molecule has 0 amide bonds. The van der Waals surface area contributed by atoms with Crippen LogP contribution in [0.1, 0.15) is 132 Å². The summed E-state index contributed by atoms with van der Waals surface area (Å²) in [7, 11) is -2.33. The number of carbonyl (C=O) groups is 4. The molecule has 1 N–H and O–H groups in total. The van der Waals surface area contributed by atoms with Crippen LogP contribution in [0.5, 0.6) is 0 Å². The summed E-state index contributed by atoms with van der Waals surface area (Å²) in [5, 5.41) is 14.2. The second-order valence-corrected chi connectivity index (χ2v) is 24.0. The summed E-state index contributed by atoms with van der Waals surface area (Å²) in [6, 6.07) is 0. The fourth-order valence-electron chi connectivity index (χ4n) is 4.66. The monoisotopic (exact) mass is 836 g/mol. The van der Waals surface area contributed by atoms with Crippen LogP contribution in [0.15, 0.2) is 23.4 Å². The summed E-state index contributed by atoms with van der Waals surface area (Å²) in [5.41, 5.74) is -3.23. The fourth-order valence-corrected chi connectivity index (χ4v) is 8.34. The van der Waals surface area contributed by atoms with Crippen LogP contribution >= 0.6 is 45.9 Å². The van der Waals surface area contributed by atoms with Crippen molar-refractivity contribution >= 4 is 78.1 Å². The maximum absolute atomic E-state index is 13.8. The normalized spacial score (nSPS) is 15.2. The van der Waals surface area contributed by atoms with E-state index in [1.165, 1.54) is 51.5 Å². The molecule has 17 heteroatoms. The third-order valence-electron chi connectivity index (χ3n) is 8.68. The topological polar surface area (TPSA) is 160 Å². The van der Waals surface area contributed by atoms with Crippen LogP contribution in [0.2, 0.25) is 18.1 Å². The molecular formula is C36H54Cl2N2O10S2Si. The molecular weight excluding hydrogens is 784 g/mol. The van der Waals surface area contributed by atoms with Gasteiger partial charge in [-0.3, -0.25) is 9.59 Å². The first-order valence-electron chi connectivity index (χ1n) is 17.2. The average Bonchev–Trinajstić information content (AvgIpc) is 3.69. The number of rotatable bonds is 19. The SMILES string of the molecule is C=CCOC(=O)c1csc([C@@H](OC(C)=O)C(C)(C)OC(=O)c2csc([C@@H](OC(=O)[C@@H](C)[C@H](CCCC(C)(Cl)Cl)O[Si](C)(C)C(C)(C)C)C(C)(C)O)n2)n1. The van der Waals surface area contributed by atoms with Gasteiger partial charge in [0.05, 0.1) is 12.0 Å². The molecule has 4 atom stereocenters. The largest absolute Gasteiger partial charge is 0.457 e. The van der Waals surface area contributed by atoms with Gasteiger partial charge in [-0.1, -0.05) is 33.4 Å². The number of hydrogen-bond donors (Lipinski definition) is 1. The van der Waals surface area contributed by atoms with Gasteiger partial charge in [0.25, 0.3) is 0 Å². The molecule has 0 fully saturated rings. The first kappa shape index (κ1) is 46.8. The quantitative estimate of drug-likeness (QED) is 0.0471. The number of alkyl halides is 2. The van der Waals surface area contributed by atoms with Gasteiger partial charge >= 0.3 is 23.9 Å². The summed E-state index contributed by atoms with van der Waals surface area (Å²) in [6.07, 6.45) is 0.0669. The number of carbonyl (C=O) groups excluding carboxylic acids is 4. The number of ether oxygens (including phenoxy) is 4. The smallest absolute Gasteiger partial charge is 0.358 e. The molecule has 298 valence electrons. The third-order valence-corrected chi connectivity index (χ3v) is 15.3. The first-order chi connectivity index (χ1) is 24.1. The van der Waals surface area contributed by atoms with E-state index in [0.717, 1.165) is 22.7 Å². The van der Waals surface area contributed by atoms with Crippen LogP contribution in [0, 0.1) is 5.92 Å². The highest BCUT2D eigenvalue weighted by molar-refractivity contribution is 7.10. The van der Waals surface area contributed by atoms with Crippen molar-refractivity contribution < 1.29 is 47.7 Å². The van der Waals surface area contributed by atoms with E-state index >= 15 is 0 Å². The van der Waals surface area contributed by atoms with Gasteiger partial charge in [0.15, 0.2) is 37.5 Å². The second-order valence-electron chi connectivity index (χ2n) is 15.6. The molecule has 2 heterocycles. The highest BCUT2D eigenvalue weighted by Crippen LogP contribution is 2.41. The highest BCUT2D eigenvalue weighted by atomic mass is 35.5. The van der Waals surface area contributed by atoms with E-state index in [2.05, 4.69) is 50.4 Å². The van der Waals surface area contributed by atoms with Crippen LogP contribution in [0.3, 0.4) is 0 Å². The van der Waals surface area contributed by atoms with E-state index in [1.54, 1.807) is 13.8 Å². The van der Waals surface area contributed by atoms with Crippen LogP contribution in [0.25, 0.3) is 0 Å². The summed E-state index contributed by atoms with van der Waals surface area (Å²) >= 11 is 14.5. The van der Waals surface area contributed by atoms with Gasteiger partial charge in [-0.15, -0.1) is 45.9 Å². The number of esters is 4. The van der Waals surface area contributed by atoms with Crippen molar-refractivity contribution in [2.24, 2.45) is 5.92 Å². The van der Waals surface area contributed by atoms with E-state index in [1.807, 2.05) is 0 Å². The minimum atomic E-state index is -2.33. The number of aliphatic hydroxyl groups is 1. The molecule has 0 radical (unpaired) electrons. The van der Waals surface area contributed by atoms with Gasteiger partial charge < -0.3 is 28.5 Å². The Kier molecular flexibility index (Phi) is 16.3. The second kappa shape index (κ2) is 18.5. The Labute approximate surface area is 332 Å². The van der Waals surface area contributed by atoms with Crippen LogP contribution in [0.4, 0.5) is 0 Å². The van der Waals surface area contributed by atoms with Gasteiger partial charge in [-0.25, -0.2) is 19.6 Å². The molecule has 0 aliphatic carbocycles. The van der Waals surface area contributed by atoms with Crippen molar-refractivity contribution in [3.05, 3.63) is 44.8 Å². The van der Waals surface area contributed by atoms with E-state index in [-0.39, 0.29) is 33.0 Å². The minimum absolute atomic E-state index is 0.0109. The van der Waals surface area contributed by atoms with Crippen molar-refractivity contribution in [2.45, 2.75) is 140 Å². The van der Waals surface area contributed by atoms with Gasteiger partial charge in [0.1, 0.15) is 26.6 Å². The fraction of sp³-hybridized carbons (Fsp3) is 0.667. The Bertz CT molecular complexity index is 1590. The molecule has 0 aliphatic rings. The summed E-state index contributed by atoms with van der Waals surface area (Å²) < 4.78 is 28.1. The zero-order valence-electron chi connectivity index (χ0n) is 32.7. The molecule has 0 aliphatic heterocycles. The standard InChI is InChI=1S/C36H54Cl2N2O10S2Si/c1-14-18-46-31(43)23-19-52-29(39-23)27(47-22(3)41)35(9,10)49-32(44)24-20-51-28(40-24)26(34(7,8)45)48-30(42)21(2)25(16-15-17-36(11,37)38)50-53(12,13)33(4,5)6/h14,19-21,25-27,45H,1,15-18H2,2-13H3/t21-,25-,26+,27+/m0/s1. The lowest BCUT2D eigenvalue weighted by Crippen LogP contribution is -2.47. The number of thiazole rings is 2. The Morgan fingerprint density at radius 3 is 1.92 bits per heavy atom. The highest BCUT2D eigenvalue weighted by Gasteiger charge is 2.44. The number of aromatic nitrogens is 2. The number of halogens is 2. The lowest BCUT2D eigenvalue weighted by Gasteiger charge is -2.41. The molecule has 0 unspecified atom stereocenters.